The molecule has 0 spiro atoms. The summed E-state index contributed by atoms with van der Waals surface area (Å²) in [6.07, 6.45) is 5.87. The van der Waals surface area contributed by atoms with E-state index >= 15 is 0 Å². The Kier molecular flexibility index (Phi) is 6.14. The molecule has 0 atom stereocenters. The van der Waals surface area contributed by atoms with Crippen molar-refractivity contribution >= 4 is 44.4 Å². The molecule has 3 nitrogen and oxygen atoms in total. The molecule has 0 heterocycles. The van der Waals surface area contributed by atoms with Crippen molar-refractivity contribution in [3.63, 3.8) is 0 Å². The van der Waals surface area contributed by atoms with Crippen molar-refractivity contribution in [2.45, 2.75) is 38.1 Å². The average Bonchev–Trinajstić information content (AvgIpc) is 2.48. The minimum absolute atomic E-state index is 0.0306. The third-order valence-corrected chi connectivity index (χ3v) is 5.06. The minimum Gasteiger partial charge on any atom is -0.507 e. The standard InChI is InChI=1S/C15H19BrINO2/c16-8-9-18(12-4-2-1-3-5-12)15(20)11-6-7-13(17)14(19)10-11/h6-7,10,12,19H,1-5,8-9H2. The van der Waals surface area contributed by atoms with Gasteiger partial charge >= 0.3 is 0 Å². The van der Waals surface area contributed by atoms with Gasteiger partial charge in [0.15, 0.2) is 0 Å². The van der Waals surface area contributed by atoms with Gasteiger partial charge in [-0.05, 0) is 53.6 Å². The van der Waals surface area contributed by atoms with Gasteiger partial charge in [-0.1, -0.05) is 35.2 Å². The topological polar surface area (TPSA) is 40.5 Å². The molecule has 110 valence electrons. The highest BCUT2D eigenvalue weighted by Gasteiger charge is 2.26. The zero-order valence-corrected chi connectivity index (χ0v) is 15.1. The van der Waals surface area contributed by atoms with Gasteiger partial charge < -0.3 is 10.0 Å². The fourth-order valence-corrected chi connectivity index (χ4v) is 3.46. The van der Waals surface area contributed by atoms with Gasteiger partial charge in [-0.3, -0.25) is 4.79 Å². The number of benzene rings is 1. The SMILES string of the molecule is O=C(c1ccc(I)c(O)c1)N(CCBr)C1CCCCC1. The maximum Gasteiger partial charge on any atom is 0.254 e. The second-order valence-corrected chi connectivity index (χ2v) is 7.10. The first kappa shape index (κ1) is 16.1. The summed E-state index contributed by atoms with van der Waals surface area (Å²) in [4.78, 5) is 14.7. The van der Waals surface area contributed by atoms with Crippen LogP contribution in [0.5, 0.6) is 5.75 Å². The van der Waals surface area contributed by atoms with E-state index in [1.165, 1.54) is 19.3 Å². The smallest absolute Gasteiger partial charge is 0.254 e. The molecule has 0 bridgehead atoms. The fourth-order valence-electron chi connectivity index (χ4n) is 2.75. The molecular weight excluding hydrogens is 433 g/mol. The maximum absolute atomic E-state index is 12.7. The first-order valence-electron chi connectivity index (χ1n) is 6.99. The maximum atomic E-state index is 12.7. The number of amides is 1. The molecule has 1 aliphatic carbocycles. The number of hydrogen-bond donors (Lipinski definition) is 1. The number of nitrogens with zero attached hydrogens (tertiary/aromatic N) is 1. The predicted octanol–water partition coefficient (Wildman–Crippen LogP) is 4.17. The Hall–Kier alpha value is -0.300. The van der Waals surface area contributed by atoms with Crippen LogP contribution in [0.2, 0.25) is 0 Å². The van der Waals surface area contributed by atoms with Crippen LogP contribution in [0.4, 0.5) is 0 Å². The first-order valence-corrected chi connectivity index (χ1v) is 9.19. The molecule has 0 aliphatic heterocycles. The highest BCUT2D eigenvalue weighted by molar-refractivity contribution is 14.1. The van der Waals surface area contributed by atoms with Crippen molar-refractivity contribution in [2.24, 2.45) is 0 Å². The quantitative estimate of drug-likeness (QED) is 0.551. The molecular formula is C15H19BrINO2. The number of carbonyl (C=O) groups is 1. The summed E-state index contributed by atoms with van der Waals surface area (Å²) in [6.45, 7) is 0.719. The Morgan fingerprint density at radius 2 is 2.05 bits per heavy atom. The van der Waals surface area contributed by atoms with Crippen LogP contribution < -0.4 is 0 Å². The summed E-state index contributed by atoms with van der Waals surface area (Å²) < 4.78 is 0.767. The molecule has 1 aromatic rings. The van der Waals surface area contributed by atoms with Crippen LogP contribution in [-0.4, -0.2) is 33.8 Å². The lowest BCUT2D eigenvalue weighted by molar-refractivity contribution is 0.0650. The average molecular weight is 452 g/mol. The number of alkyl halides is 1. The number of rotatable bonds is 4. The molecule has 1 saturated carbocycles. The first-order chi connectivity index (χ1) is 9.63. The van der Waals surface area contributed by atoms with E-state index in [9.17, 15) is 9.90 Å². The Bertz CT molecular complexity index is 475. The van der Waals surface area contributed by atoms with Crippen molar-refractivity contribution in [2.75, 3.05) is 11.9 Å². The highest BCUT2D eigenvalue weighted by Crippen LogP contribution is 2.26. The number of phenolic OH excluding ortho intramolecular Hbond substituents is 1. The van der Waals surface area contributed by atoms with Gasteiger partial charge in [0.1, 0.15) is 5.75 Å². The molecule has 0 saturated heterocycles. The van der Waals surface area contributed by atoms with Gasteiger partial charge in [0.25, 0.3) is 5.91 Å². The Labute approximate surface area is 142 Å². The molecule has 1 N–H and O–H groups in total. The molecule has 20 heavy (non-hydrogen) atoms. The van der Waals surface area contributed by atoms with Gasteiger partial charge in [0, 0.05) is 23.5 Å². The lowest BCUT2D eigenvalue weighted by atomic mass is 9.93. The molecule has 1 fully saturated rings. The lowest BCUT2D eigenvalue weighted by Crippen LogP contribution is -2.42. The summed E-state index contributed by atoms with van der Waals surface area (Å²) in [5, 5.41) is 10.6. The molecule has 0 radical (unpaired) electrons. The van der Waals surface area contributed by atoms with E-state index in [-0.39, 0.29) is 11.7 Å². The summed E-state index contributed by atoms with van der Waals surface area (Å²) >= 11 is 5.50. The second kappa shape index (κ2) is 7.64. The van der Waals surface area contributed by atoms with Gasteiger partial charge in [0.05, 0.1) is 3.57 Å². The number of hydrogen-bond acceptors (Lipinski definition) is 2. The van der Waals surface area contributed by atoms with E-state index in [0.717, 1.165) is 28.3 Å². The van der Waals surface area contributed by atoms with Crippen molar-refractivity contribution in [3.8, 4) is 5.75 Å². The number of aromatic hydroxyl groups is 1. The third kappa shape index (κ3) is 3.87. The number of halogens is 2. The van der Waals surface area contributed by atoms with Crippen LogP contribution in [0.25, 0.3) is 0 Å². The number of phenols is 1. The van der Waals surface area contributed by atoms with Gasteiger partial charge in [0.2, 0.25) is 0 Å². The fraction of sp³-hybridized carbons (Fsp3) is 0.533. The normalized spacial score (nSPS) is 16.1. The summed E-state index contributed by atoms with van der Waals surface area (Å²) in [6, 6.07) is 5.51. The van der Waals surface area contributed by atoms with Crippen molar-refractivity contribution in [1.29, 1.82) is 0 Å². The van der Waals surface area contributed by atoms with E-state index in [2.05, 4.69) is 38.5 Å². The van der Waals surface area contributed by atoms with Crippen molar-refractivity contribution in [1.82, 2.24) is 4.90 Å². The molecule has 5 heteroatoms. The Morgan fingerprint density at radius 1 is 1.35 bits per heavy atom. The summed E-state index contributed by atoms with van der Waals surface area (Å²) in [7, 11) is 0. The Morgan fingerprint density at radius 3 is 2.65 bits per heavy atom. The largest absolute Gasteiger partial charge is 0.507 e. The third-order valence-electron chi connectivity index (χ3n) is 3.79. The van der Waals surface area contributed by atoms with Gasteiger partial charge in [-0.2, -0.15) is 0 Å². The summed E-state index contributed by atoms with van der Waals surface area (Å²) in [5.74, 6) is 0.210. The van der Waals surface area contributed by atoms with Crippen LogP contribution in [0.3, 0.4) is 0 Å². The zero-order chi connectivity index (χ0) is 14.5. The molecule has 2 rings (SSSR count). The van der Waals surface area contributed by atoms with E-state index in [1.807, 2.05) is 4.90 Å². The van der Waals surface area contributed by atoms with E-state index in [1.54, 1.807) is 18.2 Å². The Balaban J connectivity index is 2.18. The molecule has 1 aromatic carbocycles. The zero-order valence-electron chi connectivity index (χ0n) is 11.3. The van der Waals surface area contributed by atoms with E-state index < -0.39 is 0 Å². The van der Waals surface area contributed by atoms with E-state index in [0.29, 0.717) is 11.6 Å². The van der Waals surface area contributed by atoms with Crippen molar-refractivity contribution in [3.05, 3.63) is 27.3 Å². The van der Waals surface area contributed by atoms with Crippen LogP contribution in [0.15, 0.2) is 18.2 Å². The number of carbonyl (C=O) groups excluding carboxylic acids is 1. The van der Waals surface area contributed by atoms with Gasteiger partial charge in [-0.15, -0.1) is 0 Å². The van der Waals surface area contributed by atoms with Crippen molar-refractivity contribution < 1.29 is 9.90 Å². The highest BCUT2D eigenvalue weighted by atomic mass is 127. The second-order valence-electron chi connectivity index (χ2n) is 5.15. The van der Waals surface area contributed by atoms with E-state index in [4.69, 9.17) is 0 Å². The molecule has 1 amide bonds. The lowest BCUT2D eigenvalue weighted by Gasteiger charge is -2.34. The van der Waals surface area contributed by atoms with Gasteiger partial charge in [-0.25, -0.2) is 0 Å². The molecule has 0 aromatic heterocycles. The molecule has 0 unspecified atom stereocenters. The summed E-state index contributed by atoms with van der Waals surface area (Å²) in [5.41, 5.74) is 0.578. The molecule has 1 aliphatic rings. The minimum atomic E-state index is 0.0306. The van der Waals surface area contributed by atoms with Crippen LogP contribution in [0, 0.1) is 3.57 Å². The van der Waals surface area contributed by atoms with Crippen LogP contribution >= 0.6 is 38.5 Å². The van der Waals surface area contributed by atoms with Crippen LogP contribution in [0.1, 0.15) is 42.5 Å². The van der Waals surface area contributed by atoms with Crippen LogP contribution in [-0.2, 0) is 0 Å². The monoisotopic (exact) mass is 451 g/mol. The predicted molar refractivity (Wildman–Crippen MR) is 92.5 cm³/mol.